The van der Waals surface area contributed by atoms with Gasteiger partial charge in [-0.15, -0.1) is 24.0 Å². The summed E-state index contributed by atoms with van der Waals surface area (Å²) in [4.78, 5) is 4.19. The van der Waals surface area contributed by atoms with Crippen molar-refractivity contribution in [1.29, 1.82) is 0 Å². The highest BCUT2D eigenvalue weighted by atomic mass is 127. The molecule has 2 N–H and O–H groups in total. The van der Waals surface area contributed by atoms with Gasteiger partial charge in [0.05, 0.1) is 13.7 Å². The molecule has 0 atom stereocenters. The van der Waals surface area contributed by atoms with Crippen LogP contribution in [0, 0.1) is 0 Å². The van der Waals surface area contributed by atoms with Crippen molar-refractivity contribution in [3.05, 3.63) is 60.2 Å². The molecule has 0 saturated heterocycles. The molecule has 0 amide bonds. The molecule has 6 heteroatoms. The van der Waals surface area contributed by atoms with Crippen molar-refractivity contribution < 1.29 is 9.47 Å². The lowest BCUT2D eigenvalue weighted by Gasteiger charge is -2.13. The Bertz CT molecular complexity index is 621. The zero-order valence-electron chi connectivity index (χ0n) is 14.0. The van der Waals surface area contributed by atoms with Crippen molar-refractivity contribution in [3.8, 4) is 11.5 Å². The van der Waals surface area contributed by atoms with Crippen molar-refractivity contribution >= 4 is 29.9 Å². The molecule has 0 aromatic heterocycles. The van der Waals surface area contributed by atoms with E-state index < -0.39 is 0 Å². The second kappa shape index (κ2) is 11.6. The molecule has 0 spiro atoms. The number of aliphatic imine (C=N–C) groups is 1. The number of rotatable bonds is 7. The van der Waals surface area contributed by atoms with Gasteiger partial charge in [0.1, 0.15) is 18.1 Å². The van der Waals surface area contributed by atoms with E-state index in [0.717, 1.165) is 24.0 Å². The second-order valence-corrected chi connectivity index (χ2v) is 4.87. The van der Waals surface area contributed by atoms with Gasteiger partial charge in [0.15, 0.2) is 5.96 Å². The molecular weight excluding hydrogens is 417 g/mol. The average Bonchev–Trinajstić information content (AvgIpc) is 2.62. The molecule has 0 aliphatic carbocycles. The molecule has 2 aromatic carbocycles. The van der Waals surface area contributed by atoms with E-state index in [0.29, 0.717) is 13.2 Å². The van der Waals surface area contributed by atoms with Crippen LogP contribution in [0.1, 0.15) is 5.56 Å². The molecular formula is C18H24IN3O2. The van der Waals surface area contributed by atoms with Gasteiger partial charge < -0.3 is 20.1 Å². The Labute approximate surface area is 160 Å². The van der Waals surface area contributed by atoms with Gasteiger partial charge in [-0.05, 0) is 17.7 Å². The smallest absolute Gasteiger partial charge is 0.191 e. The zero-order valence-corrected chi connectivity index (χ0v) is 16.3. The Balaban J connectivity index is 0.00000288. The van der Waals surface area contributed by atoms with Gasteiger partial charge in [0.25, 0.3) is 0 Å². The molecule has 2 rings (SSSR count). The first kappa shape index (κ1) is 20.1. The predicted molar refractivity (Wildman–Crippen MR) is 109 cm³/mol. The molecule has 0 bridgehead atoms. The highest BCUT2D eigenvalue weighted by Crippen LogP contribution is 2.18. The molecule has 0 saturated carbocycles. The summed E-state index contributed by atoms with van der Waals surface area (Å²) in [6, 6.07) is 17.8. The fourth-order valence-corrected chi connectivity index (χ4v) is 2.03. The van der Waals surface area contributed by atoms with Crippen LogP contribution >= 0.6 is 24.0 Å². The van der Waals surface area contributed by atoms with Crippen molar-refractivity contribution in [1.82, 2.24) is 10.6 Å². The van der Waals surface area contributed by atoms with Crippen LogP contribution in [0.5, 0.6) is 11.5 Å². The molecule has 0 heterocycles. The van der Waals surface area contributed by atoms with Crippen molar-refractivity contribution in [2.75, 3.05) is 27.3 Å². The summed E-state index contributed by atoms with van der Waals surface area (Å²) in [7, 11) is 3.40. The van der Waals surface area contributed by atoms with E-state index in [-0.39, 0.29) is 24.0 Å². The highest BCUT2D eigenvalue weighted by molar-refractivity contribution is 14.0. The minimum Gasteiger partial charge on any atom is -0.497 e. The van der Waals surface area contributed by atoms with Gasteiger partial charge in [-0.3, -0.25) is 4.99 Å². The number of nitrogens with one attached hydrogen (secondary N) is 2. The molecule has 24 heavy (non-hydrogen) atoms. The lowest BCUT2D eigenvalue weighted by atomic mass is 10.2. The fraction of sp³-hybridized carbons (Fsp3) is 0.278. The van der Waals surface area contributed by atoms with Crippen LogP contribution < -0.4 is 20.1 Å². The first-order valence-electron chi connectivity index (χ1n) is 7.57. The number of nitrogens with zero attached hydrogens (tertiary/aromatic N) is 1. The van der Waals surface area contributed by atoms with Gasteiger partial charge in [0, 0.05) is 19.7 Å². The number of hydrogen-bond donors (Lipinski definition) is 2. The summed E-state index contributed by atoms with van der Waals surface area (Å²) < 4.78 is 10.8. The molecule has 0 fully saturated rings. The number of benzene rings is 2. The molecule has 0 aliphatic rings. The molecule has 130 valence electrons. The standard InChI is InChI=1S/C18H23N3O2.HI/c1-19-18(21-14-15-7-4-3-5-8-15)20-11-12-23-17-10-6-9-16(13-17)22-2;/h3-10,13H,11-12,14H2,1-2H3,(H2,19,20,21);1H. The van der Waals surface area contributed by atoms with Gasteiger partial charge in [-0.2, -0.15) is 0 Å². The van der Waals surface area contributed by atoms with Crippen LogP contribution in [0.2, 0.25) is 0 Å². The number of ether oxygens (including phenoxy) is 2. The third-order valence-electron chi connectivity index (χ3n) is 3.23. The minimum atomic E-state index is 0. The Hall–Kier alpha value is -1.96. The Kier molecular flexibility index (Phi) is 9.67. The fourth-order valence-electron chi connectivity index (χ4n) is 2.03. The van der Waals surface area contributed by atoms with E-state index in [1.165, 1.54) is 5.56 Å². The highest BCUT2D eigenvalue weighted by Gasteiger charge is 1.99. The molecule has 2 aromatic rings. The number of hydrogen-bond acceptors (Lipinski definition) is 3. The second-order valence-electron chi connectivity index (χ2n) is 4.87. The van der Waals surface area contributed by atoms with Gasteiger partial charge in [-0.25, -0.2) is 0 Å². The summed E-state index contributed by atoms with van der Waals surface area (Å²) in [6.07, 6.45) is 0. The maximum absolute atomic E-state index is 5.68. The van der Waals surface area contributed by atoms with Crippen molar-refractivity contribution in [3.63, 3.8) is 0 Å². The SMILES string of the molecule is CN=C(NCCOc1cccc(OC)c1)NCc1ccccc1.I. The molecule has 0 unspecified atom stereocenters. The summed E-state index contributed by atoms with van der Waals surface area (Å²) in [5, 5.41) is 6.49. The van der Waals surface area contributed by atoms with Crippen LogP contribution in [0.4, 0.5) is 0 Å². The molecule has 5 nitrogen and oxygen atoms in total. The summed E-state index contributed by atoms with van der Waals surface area (Å²) in [6.45, 7) is 1.93. The predicted octanol–water partition coefficient (Wildman–Crippen LogP) is 3.06. The van der Waals surface area contributed by atoms with E-state index in [9.17, 15) is 0 Å². The minimum absolute atomic E-state index is 0. The van der Waals surface area contributed by atoms with Crippen molar-refractivity contribution in [2.45, 2.75) is 6.54 Å². The van der Waals surface area contributed by atoms with E-state index in [4.69, 9.17) is 9.47 Å². The van der Waals surface area contributed by atoms with Crippen LogP contribution in [-0.2, 0) is 6.54 Å². The van der Waals surface area contributed by atoms with Gasteiger partial charge in [-0.1, -0.05) is 36.4 Å². The average molecular weight is 441 g/mol. The summed E-state index contributed by atoms with van der Waals surface area (Å²) in [5.41, 5.74) is 1.21. The van der Waals surface area contributed by atoms with E-state index in [1.807, 2.05) is 42.5 Å². The van der Waals surface area contributed by atoms with Crippen LogP contribution in [0.3, 0.4) is 0 Å². The lowest BCUT2D eigenvalue weighted by molar-refractivity contribution is 0.319. The van der Waals surface area contributed by atoms with E-state index in [2.05, 4.69) is 27.8 Å². The first-order chi connectivity index (χ1) is 11.3. The normalized spacial score (nSPS) is 10.5. The Morgan fingerprint density at radius 1 is 1.00 bits per heavy atom. The lowest BCUT2D eigenvalue weighted by Crippen LogP contribution is -2.38. The zero-order chi connectivity index (χ0) is 16.3. The van der Waals surface area contributed by atoms with Crippen LogP contribution in [0.15, 0.2) is 59.6 Å². The molecule has 0 radical (unpaired) electrons. The van der Waals surface area contributed by atoms with Gasteiger partial charge >= 0.3 is 0 Å². The summed E-state index contributed by atoms with van der Waals surface area (Å²) >= 11 is 0. The first-order valence-corrected chi connectivity index (χ1v) is 7.57. The molecule has 0 aliphatic heterocycles. The number of methoxy groups -OCH3 is 1. The van der Waals surface area contributed by atoms with E-state index in [1.54, 1.807) is 14.2 Å². The topological polar surface area (TPSA) is 54.9 Å². The van der Waals surface area contributed by atoms with Gasteiger partial charge in [0.2, 0.25) is 0 Å². The summed E-state index contributed by atoms with van der Waals surface area (Å²) in [5.74, 6) is 2.33. The third-order valence-corrected chi connectivity index (χ3v) is 3.23. The quantitative estimate of drug-likeness (QED) is 0.300. The Morgan fingerprint density at radius 3 is 2.46 bits per heavy atom. The largest absolute Gasteiger partial charge is 0.497 e. The monoisotopic (exact) mass is 441 g/mol. The third kappa shape index (κ3) is 7.08. The number of guanidine groups is 1. The van der Waals surface area contributed by atoms with Crippen LogP contribution in [0.25, 0.3) is 0 Å². The maximum atomic E-state index is 5.68. The van der Waals surface area contributed by atoms with Crippen molar-refractivity contribution in [2.24, 2.45) is 4.99 Å². The number of halogens is 1. The van der Waals surface area contributed by atoms with E-state index >= 15 is 0 Å². The van der Waals surface area contributed by atoms with Crippen LogP contribution in [-0.4, -0.2) is 33.3 Å². The Morgan fingerprint density at radius 2 is 1.75 bits per heavy atom. The maximum Gasteiger partial charge on any atom is 0.191 e.